The average Bonchev–Trinajstić information content (AvgIpc) is 2.56. The van der Waals surface area contributed by atoms with Crippen molar-refractivity contribution in [3.63, 3.8) is 0 Å². The van der Waals surface area contributed by atoms with E-state index in [1.165, 1.54) is 0 Å². The number of aromatic nitrogens is 1. The standard InChI is InChI=1S/C10H10N2O2/c1-6-2-3-9(13)7(4-6)8-5-10(11)14-12-8/h2-5,13H,11H2,1H3. The largest absolute Gasteiger partial charge is 0.507 e. The summed E-state index contributed by atoms with van der Waals surface area (Å²) in [6, 6.07) is 6.85. The summed E-state index contributed by atoms with van der Waals surface area (Å²) in [6.07, 6.45) is 0. The lowest BCUT2D eigenvalue weighted by Gasteiger charge is -2.00. The van der Waals surface area contributed by atoms with Gasteiger partial charge in [-0.05, 0) is 19.1 Å². The molecule has 0 unspecified atom stereocenters. The average molecular weight is 190 g/mol. The molecule has 0 fully saturated rings. The van der Waals surface area contributed by atoms with Gasteiger partial charge in [0.1, 0.15) is 11.4 Å². The smallest absolute Gasteiger partial charge is 0.222 e. The van der Waals surface area contributed by atoms with Crippen LogP contribution in [0.2, 0.25) is 0 Å². The lowest BCUT2D eigenvalue weighted by atomic mass is 10.1. The van der Waals surface area contributed by atoms with E-state index < -0.39 is 0 Å². The highest BCUT2D eigenvalue weighted by Crippen LogP contribution is 2.29. The van der Waals surface area contributed by atoms with Crippen molar-refractivity contribution >= 4 is 5.88 Å². The number of anilines is 1. The quantitative estimate of drug-likeness (QED) is 0.720. The van der Waals surface area contributed by atoms with Gasteiger partial charge in [0.25, 0.3) is 0 Å². The topological polar surface area (TPSA) is 72.3 Å². The van der Waals surface area contributed by atoms with Gasteiger partial charge in [0.15, 0.2) is 0 Å². The number of phenolic OH excluding ortho intramolecular Hbond substituents is 1. The van der Waals surface area contributed by atoms with Crippen molar-refractivity contribution in [1.82, 2.24) is 5.16 Å². The molecule has 0 aliphatic carbocycles. The zero-order valence-electron chi connectivity index (χ0n) is 7.69. The second-order valence-corrected chi connectivity index (χ2v) is 3.14. The maximum atomic E-state index is 9.58. The molecule has 0 radical (unpaired) electrons. The Morgan fingerprint density at radius 1 is 1.36 bits per heavy atom. The predicted octanol–water partition coefficient (Wildman–Crippen LogP) is 1.94. The Balaban J connectivity index is 2.55. The number of nitrogens with two attached hydrogens (primary N) is 1. The Morgan fingerprint density at radius 3 is 2.79 bits per heavy atom. The Bertz CT molecular complexity index is 463. The van der Waals surface area contributed by atoms with E-state index in [2.05, 4.69) is 5.16 Å². The van der Waals surface area contributed by atoms with Gasteiger partial charge in [0, 0.05) is 11.6 Å². The second kappa shape index (κ2) is 3.06. The minimum atomic E-state index is 0.170. The number of rotatable bonds is 1. The first-order valence-corrected chi connectivity index (χ1v) is 4.19. The van der Waals surface area contributed by atoms with Crippen molar-refractivity contribution in [1.29, 1.82) is 0 Å². The Labute approximate surface area is 81.0 Å². The van der Waals surface area contributed by atoms with E-state index in [0.717, 1.165) is 5.56 Å². The van der Waals surface area contributed by atoms with E-state index in [1.807, 2.05) is 19.1 Å². The maximum Gasteiger partial charge on any atom is 0.222 e. The fourth-order valence-corrected chi connectivity index (χ4v) is 1.27. The predicted molar refractivity (Wildman–Crippen MR) is 52.8 cm³/mol. The Kier molecular flexibility index (Phi) is 1.89. The van der Waals surface area contributed by atoms with Crippen LogP contribution >= 0.6 is 0 Å². The highest BCUT2D eigenvalue weighted by molar-refractivity contribution is 5.68. The molecule has 0 amide bonds. The van der Waals surface area contributed by atoms with Crippen LogP contribution in [0.4, 0.5) is 5.88 Å². The van der Waals surface area contributed by atoms with Crippen LogP contribution in [-0.2, 0) is 0 Å². The molecule has 3 N–H and O–H groups in total. The highest BCUT2D eigenvalue weighted by atomic mass is 16.5. The van der Waals surface area contributed by atoms with Crippen LogP contribution in [0.3, 0.4) is 0 Å². The summed E-state index contributed by atoms with van der Waals surface area (Å²) in [4.78, 5) is 0. The summed E-state index contributed by atoms with van der Waals surface area (Å²) in [5.41, 5.74) is 7.61. The SMILES string of the molecule is Cc1ccc(O)c(-c2cc(N)on2)c1. The van der Waals surface area contributed by atoms with Gasteiger partial charge in [0.05, 0.1) is 0 Å². The Morgan fingerprint density at radius 2 is 2.14 bits per heavy atom. The number of phenols is 1. The lowest BCUT2D eigenvalue weighted by molar-refractivity contribution is 0.437. The first kappa shape index (κ1) is 8.62. The molecule has 4 nitrogen and oxygen atoms in total. The number of aryl methyl sites for hydroxylation is 1. The highest BCUT2D eigenvalue weighted by Gasteiger charge is 2.08. The van der Waals surface area contributed by atoms with Crippen LogP contribution in [0, 0.1) is 6.92 Å². The van der Waals surface area contributed by atoms with Crippen LogP contribution in [0.25, 0.3) is 11.3 Å². The number of hydrogen-bond donors (Lipinski definition) is 2. The van der Waals surface area contributed by atoms with E-state index in [4.69, 9.17) is 10.3 Å². The van der Waals surface area contributed by atoms with Gasteiger partial charge in [-0.2, -0.15) is 0 Å². The van der Waals surface area contributed by atoms with Gasteiger partial charge in [0.2, 0.25) is 5.88 Å². The van der Waals surface area contributed by atoms with Crippen LogP contribution in [-0.4, -0.2) is 10.3 Å². The molecule has 2 aromatic rings. The molecular weight excluding hydrogens is 180 g/mol. The van der Waals surface area contributed by atoms with Crippen molar-refractivity contribution in [2.75, 3.05) is 5.73 Å². The van der Waals surface area contributed by atoms with E-state index >= 15 is 0 Å². The summed E-state index contributed by atoms with van der Waals surface area (Å²) < 4.78 is 4.73. The van der Waals surface area contributed by atoms with E-state index in [1.54, 1.807) is 12.1 Å². The summed E-state index contributed by atoms with van der Waals surface area (Å²) >= 11 is 0. The second-order valence-electron chi connectivity index (χ2n) is 3.14. The molecule has 0 atom stereocenters. The fourth-order valence-electron chi connectivity index (χ4n) is 1.27. The minimum absolute atomic E-state index is 0.170. The van der Waals surface area contributed by atoms with Crippen LogP contribution in [0.5, 0.6) is 5.75 Å². The zero-order chi connectivity index (χ0) is 10.1. The molecule has 14 heavy (non-hydrogen) atoms. The van der Waals surface area contributed by atoms with Gasteiger partial charge in [-0.3, -0.25) is 0 Å². The van der Waals surface area contributed by atoms with Crippen molar-refractivity contribution in [3.8, 4) is 17.0 Å². The van der Waals surface area contributed by atoms with Gasteiger partial charge in [-0.1, -0.05) is 16.8 Å². The molecule has 0 saturated heterocycles. The molecule has 0 spiro atoms. The molecule has 72 valence electrons. The number of aromatic hydroxyl groups is 1. The Hall–Kier alpha value is -1.97. The van der Waals surface area contributed by atoms with Crippen LogP contribution < -0.4 is 5.73 Å². The third kappa shape index (κ3) is 1.42. The summed E-state index contributed by atoms with van der Waals surface area (Å²) in [6.45, 7) is 1.94. The first-order chi connectivity index (χ1) is 6.66. The van der Waals surface area contributed by atoms with Crippen molar-refractivity contribution in [2.45, 2.75) is 6.92 Å². The third-order valence-electron chi connectivity index (χ3n) is 1.96. The molecule has 4 heteroatoms. The molecule has 0 bridgehead atoms. The lowest BCUT2D eigenvalue weighted by Crippen LogP contribution is -1.80. The van der Waals surface area contributed by atoms with Gasteiger partial charge >= 0.3 is 0 Å². The molecule has 0 aliphatic rings. The van der Waals surface area contributed by atoms with E-state index in [0.29, 0.717) is 11.3 Å². The van der Waals surface area contributed by atoms with Gasteiger partial charge in [-0.25, -0.2) is 0 Å². The molecule has 1 heterocycles. The number of hydrogen-bond acceptors (Lipinski definition) is 4. The summed E-state index contributed by atoms with van der Waals surface area (Å²) in [5, 5.41) is 13.3. The van der Waals surface area contributed by atoms with Crippen LogP contribution in [0.1, 0.15) is 5.56 Å². The van der Waals surface area contributed by atoms with Crippen LogP contribution in [0.15, 0.2) is 28.8 Å². The normalized spacial score (nSPS) is 10.4. The number of nitrogen functional groups attached to an aromatic ring is 1. The van der Waals surface area contributed by atoms with E-state index in [-0.39, 0.29) is 11.6 Å². The minimum Gasteiger partial charge on any atom is -0.507 e. The van der Waals surface area contributed by atoms with Gasteiger partial charge in [-0.15, -0.1) is 0 Å². The number of benzene rings is 1. The summed E-state index contributed by atoms with van der Waals surface area (Å²) in [7, 11) is 0. The maximum absolute atomic E-state index is 9.58. The van der Waals surface area contributed by atoms with Crippen molar-refractivity contribution in [3.05, 3.63) is 29.8 Å². The van der Waals surface area contributed by atoms with Crippen molar-refractivity contribution < 1.29 is 9.63 Å². The molecule has 0 saturated carbocycles. The third-order valence-corrected chi connectivity index (χ3v) is 1.96. The fraction of sp³-hybridized carbons (Fsp3) is 0.100. The van der Waals surface area contributed by atoms with E-state index in [9.17, 15) is 5.11 Å². The first-order valence-electron chi connectivity index (χ1n) is 4.19. The molecule has 0 aliphatic heterocycles. The molecular formula is C10H10N2O2. The monoisotopic (exact) mass is 190 g/mol. The van der Waals surface area contributed by atoms with Gasteiger partial charge < -0.3 is 15.4 Å². The van der Waals surface area contributed by atoms with Crippen molar-refractivity contribution in [2.24, 2.45) is 0 Å². The number of nitrogens with zero attached hydrogens (tertiary/aromatic N) is 1. The summed E-state index contributed by atoms with van der Waals surface area (Å²) in [5.74, 6) is 0.407. The molecule has 1 aromatic heterocycles. The molecule has 1 aromatic carbocycles. The zero-order valence-corrected chi connectivity index (χ0v) is 7.69. The molecule has 2 rings (SSSR count).